The molecule has 168 valence electrons. The van der Waals surface area contributed by atoms with Gasteiger partial charge >= 0.3 is 0 Å². The lowest BCUT2D eigenvalue weighted by Gasteiger charge is -2.15. The second kappa shape index (κ2) is 10.6. The van der Waals surface area contributed by atoms with Gasteiger partial charge in [-0.3, -0.25) is 4.79 Å². The fourth-order valence-electron chi connectivity index (χ4n) is 3.34. The van der Waals surface area contributed by atoms with E-state index >= 15 is 0 Å². The Balaban J connectivity index is 1.41. The van der Waals surface area contributed by atoms with E-state index in [0.717, 1.165) is 25.1 Å². The maximum Gasteiger partial charge on any atom is 0.234 e. The van der Waals surface area contributed by atoms with Gasteiger partial charge in [0.15, 0.2) is 11.0 Å². The van der Waals surface area contributed by atoms with Crippen LogP contribution in [0.4, 0.5) is 20.2 Å². The lowest BCUT2D eigenvalue weighted by Crippen LogP contribution is -2.20. The molecular weight excluding hydrogens is 436 g/mol. The molecule has 1 fully saturated rings. The topological polar surface area (TPSA) is 81.1 Å². The molecule has 0 radical (unpaired) electrons. The molecule has 1 aromatic heterocycles. The second-order valence-electron chi connectivity index (χ2n) is 7.35. The van der Waals surface area contributed by atoms with Gasteiger partial charge in [-0.15, -0.1) is 10.2 Å². The van der Waals surface area contributed by atoms with Crippen LogP contribution < -0.4 is 10.6 Å². The van der Waals surface area contributed by atoms with Crippen LogP contribution in [0.3, 0.4) is 0 Å². The Labute approximate surface area is 188 Å². The number of ether oxygens (including phenoxy) is 1. The van der Waals surface area contributed by atoms with Crippen molar-refractivity contribution in [3.05, 3.63) is 66.0 Å². The number of aromatic nitrogens is 3. The van der Waals surface area contributed by atoms with Crippen molar-refractivity contribution >= 4 is 29.0 Å². The van der Waals surface area contributed by atoms with Crippen LogP contribution in [-0.4, -0.2) is 39.1 Å². The van der Waals surface area contributed by atoms with E-state index in [4.69, 9.17) is 4.74 Å². The molecule has 1 aliphatic rings. The van der Waals surface area contributed by atoms with Gasteiger partial charge in [0.25, 0.3) is 0 Å². The number of halogens is 2. The standard InChI is InChI=1S/C22H23F2N5O2S/c23-15-3-7-17(8-4-15)25-12-20-27-28-22(29(20)13-19-2-1-11-31-19)32-14-21(30)26-18-9-5-16(24)6-10-18/h3-10,19,25H,1-2,11-14H2,(H,26,30). The van der Waals surface area contributed by atoms with Gasteiger partial charge in [-0.25, -0.2) is 8.78 Å². The van der Waals surface area contributed by atoms with E-state index in [1.165, 1.54) is 48.2 Å². The highest BCUT2D eigenvalue weighted by Crippen LogP contribution is 2.22. The Morgan fingerprint density at radius 3 is 2.41 bits per heavy atom. The number of nitrogens with one attached hydrogen (secondary N) is 2. The quantitative estimate of drug-likeness (QED) is 0.470. The van der Waals surface area contributed by atoms with Gasteiger partial charge in [0, 0.05) is 18.0 Å². The van der Waals surface area contributed by atoms with Crippen molar-refractivity contribution < 1.29 is 18.3 Å². The fraction of sp³-hybridized carbons (Fsp3) is 0.318. The number of benzene rings is 2. The van der Waals surface area contributed by atoms with Gasteiger partial charge in [0.05, 0.1) is 24.9 Å². The molecule has 7 nitrogen and oxygen atoms in total. The summed E-state index contributed by atoms with van der Waals surface area (Å²) >= 11 is 1.28. The Morgan fingerprint density at radius 2 is 1.75 bits per heavy atom. The highest BCUT2D eigenvalue weighted by atomic mass is 32.2. The van der Waals surface area contributed by atoms with Crippen molar-refractivity contribution in [2.75, 3.05) is 23.0 Å². The van der Waals surface area contributed by atoms with E-state index in [9.17, 15) is 13.6 Å². The molecule has 2 aromatic carbocycles. The predicted octanol–water partition coefficient (Wildman–Crippen LogP) is 4.08. The summed E-state index contributed by atoms with van der Waals surface area (Å²) in [6, 6.07) is 11.7. The molecule has 1 unspecified atom stereocenters. The monoisotopic (exact) mass is 459 g/mol. The fourth-order valence-corrected chi connectivity index (χ4v) is 4.11. The van der Waals surface area contributed by atoms with Crippen molar-refractivity contribution in [1.82, 2.24) is 14.8 Å². The van der Waals surface area contributed by atoms with Crippen LogP contribution in [-0.2, 0) is 22.6 Å². The minimum absolute atomic E-state index is 0.0722. The van der Waals surface area contributed by atoms with Crippen LogP contribution in [0.1, 0.15) is 18.7 Å². The number of carbonyl (C=O) groups is 1. The van der Waals surface area contributed by atoms with Gasteiger partial charge in [0.2, 0.25) is 5.91 Å². The third-order valence-corrected chi connectivity index (χ3v) is 5.93. The minimum Gasteiger partial charge on any atom is -0.378 e. The van der Waals surface area contributed by atoms with Gasteiger partial charge in [-0.1, -0.05) is 11.8 Å². The zero-order valence-corrected chi connectivity index (χ0v) is 18.1. The summed E-state index contributed by atoms with van der Waals surface area (Å²) < 4.78 is 33.9. The first-order chi connectivity index (χ1) is 15.6. The smallest absolute Gasteiger partial charge is 0.234 e. The van der Waals surface area contributed by atoms with Gasteiger partial charge in [-0.2, -0.15) is 0 Å². The minimum atomic E-state index is -0.360. The molecule has 1 atom stereocenters. The molecule has 1 aliphatic heterocycles. The Hall–Kier alpha value is -2.98. The van der Waals surface area contributed by atoms with Crippen LogP contribution in [0, 0.1) is 11.6 Å². The number of rotatable bonds is 9. The lowest BCUT2D eigenvalue weighted by molar-refractivity contribution is -0.113. The van der Waals surface area contributed by atoms with Crippen LogP contribution in [0.25, 0.3) is 0 Å². The highest BCUT2D eigenvalue weighted by molar-refractivity contribution is 7.99. The number of thioether (sulfide) groups is 1. The first kappa shape index (κ1) is 22.2. The summed E-state index contributed by atoms with van der Waals surface area (Å²) in [6.45, 7) is 1.72. The molecule has 0 aliphatic carbocycles. The van der Waals surface area contributed by atoms with Crippen molar-refractivity contribution in [3.8, 4) is 0 Å². The average molecular weight is 460 g/mol. The number of nitrogens with zero attached hydrogens (tertiary/aromatic N) is 3. The maximum absolute atomic E-state index is 13.1. The molecule has 0 spiro atoms. The number of hydrogen-bond donors (Lipinski definition) is 2. The molecule has 32 heavy (non-hydrogen) atoms. The third-order valence-electron chi connectivity index (χ3n) is 4.96. The maximum atomic E-state index is 13.1. The molecule has 0 bridgehead atoms. The lowest BCUT2D eigenvalue weighted by atomic mass is 10.2. The zero-order valence-electron chi connectivity index (χ0n) is 17.3. The van der Waals surface area contributed by atoms with E-state index in [2.05, 4.69) is 20.8 Å². The van der Waals surface area contributed by atoms with Crippen LogP contribution in [0.5, 0.6) is 0 Å². The second-order valence-corrected chi connectivity index (χ2v) is 8.29. The van der Waals surface area contributed by atoms with E-state index in [0.29, 0.717) is 29.8 Å². The Morgan fingerprint density at radius 1 is 1.06 bits per heavy atom. The normalized spacial score (nSPS) is 15.6. The Bertz CT molecular complexity index is 1040. The summed E-state index contributed by atoms with van der Waals surface area (Å²) in [4.78, 5) is 12.3. The first-order valence-electron chi connectivity index (χ1n) is 10.3. The number of amides is 1. The molecule has 4 rings (SSSR count). The molecule has 3 aromatic rings. The predicted molar refractivity (Wildman–Crippen MR) is 118 cm³/mol. The number of anilines is 2. The summed E-state index contributed by atoms with van der Waals surface area (Å²) in [5, 5.41) is 15.1. The van der Waals surface area contributed by atoms with Crippen LogP contribution in [0.15, 0.2) is 53.7 Å². The summed E-state index contributed by atoms with van der Waals surface area (Å²) in [5.41, 5.74) is 1.30. The van der Waals surface area contributed by atoms with Crippen molar-refractivity contribution in [3.63, 3.8) is 0 Å². The van der Waals surface area contributed by atoms with Crippen LogP contribution >= 0.6 is 11.8 Å². The molecule has 2 heterocycles. The molecule has 1 saturated heterocycles. The summed E-state index contributed by atoms with van der Waals surface area (Å²) in [7, 11) is 0. The van der Waals surface area contributed by atoms with E-state index in [1.54, 1.807) is 12.1 Å². The summed E-state index contributed by atoms with van der Waals surface area (Å²) in [5.74, 6) is -0.0477. The molecule has 0 saturated carbocycles. The van der Waals surface area contributed by atoms with Crippen molar-refractivity contribution in [2.45, 2.75) is 37.2 Å². The highest BCUT2D eigenvalue weighted by Gasteiger charge is 2.21. The number of hydrogen-bond acceptors (Lipinski definition) is 6. The van der Waals surface area contributed by atoms with Gasteiger partial charge in [0.1, 0.15) is 11.6 Å². The third kappa shape index (κ3) is 6.04. The largest absolute Gasteiger partial charge is 0.378 e. The van der Waals surface area contributed by atoms with Crippen LogP contribution in [0.2, 0.25) is 0 Å². The van der Waals surface area contributed by atoms with E-state index < -0.39 is 0 Å². The molecule has 1 amide bonds. The van der Waals surface area contributed by atoms with E-state index in [-0.39, 0.29) is 29.4 Å². The SMILES string of the molecule is O=C(CSc1nnc(CNc2ccc(F)cc2)n1CC1CCCO1)Nc1ccc(F)cc1. The molecule has 2 N–H and O–H groups in total. The zero-order chi connectivity index (χ0) is 22.3. The first-order valence-corrected chi connectivity index (χ1v) is 11.3. The van der Waals surface area contributed by atoms with Crippen molar-refractivity contribution in [2.24, 2.45) is 0 Å². The molecular formula is C22H23F2N5O2S. The van der Waals surface area contributed by atoms with Gasteiger partial charge < -0.3 is 19.9 Å². The van der Waals surface area contributed by atoms with E-state index in [1.807, 2.05) is 4.57 Å². The average Bonchev–Trinajstić information content (AvgIpc) is 3.44. The number of carbonyl (C=O) groups excluding carboxylic acids is 1. The summed E-state index contributed by atoms with van der Waals surface area (Å²) in [6.07, 6.45) is 2.04. The van der Waals surface area contributed by atoms with Gasteiger partial charge in [-0.05, 0) is 61.4 Å². The Kier molecular flexibility index (Phi) is 7.33. The molecule has 10 heteroatoms. The van der Waals surface area contributed by atoms with Crippen molar-refractivity contribution in [1.29, 1.82) is 0 Å².